The minimum absolute atomic E-state index is 0.111. The van der Waals surface area contributed by atoms with Crippen LogP contribution in [0, 0.1) is 11.8 Å². The standard InChI is InChI=1S/C18H19N3O4/c1-19-8-4-7-14(15(19)22)16(23)20-9-11(10-20)21-17(24)12-5-2-3-6-13(12)18(21)25/h2-4,7-8,11-13H,5-6,9-10H2,1H3. The Morgan fingerprint density at radius 1 is 1.04 bits per heavy atom. The molecule has 0 radical (unpaired) electrons. The third kappa shape index (κ3) is 2.33. The first-order valence-electron chi connectivity index (χ1n) is 8.46. The van der Waals surface area contributed by atoms with Crippen LogP contribution in [-0.2, 0) is 16.6 Å². The molecule has 7 nitrogen and oxygen atoms in total. The fraction of sp³-hybridized carbons (Fsp3) is 0.444. The monoisotopic (exact) mass is 341 g/mol. The third-order valence-corrected chi connectivity index (χ3v) is 5.41. The summed E-state index contributed by atoms with van der Waals surface area (Å²) < 4.78 is 1.36. The fourth-order valence-electron chi connectivity index (χ4n) is 3.90. The molecule has 1 aromatic rings. The summed E-state index contributed by atoms with van der Waals surface area (Å²) in [7, 11) is 1.59. The predicted molar refractivity (Wildman–Crippen MR) is 88.6 cm³/mol. The molecular formula is C18H19N3O4. The summed E-state index contributed by atoms with van der Waals surface area (Å²) in [6.07, 6.45) is 6.73. The van der Waals surface area contributed by atoms with Gasteiger partial charge in [-0.25, -0.2) is 0 Å². The fourth-order valence-corrected chi connectivity index (χ4v) is 3.90. The zero-order valence-electron chi connectivity index (χ0n) is 13.9. The number of aryl methyl sites for hydroxylation is 1. The highest BCUT2D eigenvalue weighted by atomic mass is 16.2. The Balaban J connectivity index is 1.46. The Labute approximate surface area is 144 Å². The molecule has 3 heterocycles. The largest absolute Gasteiger partial charge is 0.334 e. The van der Waals surface area contributed by atoms with Crippen LogP contribution >= 0.6 is 0 Å². The molecule has 0 spiro atoms. The molecule has 0 saturated carbocycles. The van der Waals surface area contributed by atoms with Crippen molar-refractivity contribution in [3.8, 4) is 0 Å². The highest BCUT2D eigenvalue weighted by Crippen LogP contribution is 2.37. The third-order valence-electron chi connectivity index (χ3n) is 5.41. The Bertz CT molecular complexity index is 824. The quantitative estimate of drug-likeness (QED) is 0.567. The van der Waals surface area contributed by atoms with Crippen LogP contribution in [0.4, 0.5) is 0 Å². The number of pyridine rings is 1. The van der Waals surface area contributed by atoms with E-state index in [1.807, 2.05) is 12.2 Å². The molecule has 1 aromatic heterocycles. The van der Waals surface area contributed by atoms with Gasteiger partial charge in [0.2, 0.25) is 11.8 Å². The minimum Gasteiger partial charge on any atom is -0.334 e. The van der Waals surface area contributed by atoms with Crippen LogP contribution in [-0.4, -0.2) is 51.2 Å². The Hall–Kier alpha value is -2.70. The highest BCUT2D eigenvalue weighted by Gasteiger charge is 2.52. The predicted octanol–water partition coefficient (Wildman–Crippen LogP) is 0.161. The van der Waals surface area contributed by atoms with Gasteiger partial charge in [0, 0.05) is 26.3 Å². The summed E-state index contributed by atoms with van der Waals surface area (Å²) in [5, 5.41) is 0. The summed E-state index contributed by atoms with van der Waals surface area (Å²) in [5.41, 5.74) is -0.234. The molecule has 0 bridgehead atoms. The van der Waals surface area contributed by atoms with Crippen molar-refractivity contribution in [2.24, 2.45) is 18.9 Å². The van der Waals surface area contributed by atoms with Gasteiger partial charge in [0.05, 0.1) is 17.9 Å². The average Bonchev–Trinajstić information content (AvgIpc) is 2.81. The number of hydrogen-bond acceptors (Lipinski definition) is 4. The van der Waals surface area contributed by atoms with Gasteiger partial charge in [-0.3, -0.25) is 24.1 Å². The Morgan fingerprint density at radius 2 is 1.64 bits per heavy atom. The average molecular weight is 341 g/mol. The maximum atomic E-state index is 12.5. The van der Waals surface area contributed by atoms with Crippen LogP contribution in [0.15, 0.2) is 35.3 Å². The molecule has 2 unspecified atom stereocenters. The van der Waals surface area contributed by atoms with Crippen molar-refractivity contribution in [2.75, 3.05) is 13.1 Å². The first kappa shape index (κ1) is 15.8. The summed E-state index contributed by atoms with van der Waals surface area (Å²) in [6, 6.07) is 2.88. The molecular weight excluding hydrogens is 322 g/mol. The van der Waals surface area contributed by atoms with Crippen molar-refractivity contribution in [2.45, 2.75) is 18.9 Å². The molecule has 2 atom stereocenters. The lowest BCUT2D eigenvalue weighted by Crippen LogP contribution is -2.63. The first-order valence-corrected chi connectivity index (χ1v) is 8.46. The highest BCUT2D eigenvalue weighted by molar-refractivity contribution is 6.06. The number of fused-ring (bicyclic) bond motifs is 1. The molecule has 1 aliphatic carbocycles. The minimum atomic E-state index is -0.351. The summed E-state index contributed by atoms with van der Waals surface area (Å²) in [5.74, 6) is -1.08. The lowest BCUT2D eigenvalue weighted by Gasteiger charge is -2.43. The van der Waals surface area contributed by atoms with Gasteiger partial charge in [0.25, 0.3) is 11.5 Å². The van der Waals surface area contributed by atoms with Gasteiger partial charge in [-0.1, -0.05) is 12.2 Å². The Kier molecular flexibility index (Phi) is 3.59. The number of nitrogens with zero attached hydrogens (tertiary/aromatic N) is 3. The van der Waals surface area contributed by atoms with Gasteiger partial charge in [0.1, 0.15) is 5.56 Å². The molecule has 0 aromatic carbocycles. The van der Waals surface area contributed by atoms with Gasteiger partial charge in [-0.2, -0.15) is 0 Å². The SMILES string of the molecule is Cn1cccc(C(=O)N2CC(N3C(=O)C4CC=CCC4C3=O)C2)c1=O. The number of imide groups is 1. The van der Waals surface area contributed by atoms with Crippen molar-refractivity contribution < 1.29 is 14.4 Å². The van der Waals surface area contributed by atoms with E-state index < -0.39 is 0 Å². The van der Waals surface area contributed by atoms with E-state index in [0.29, 0.717) is 25.9 Å². The summed E-state index contributed by atoms with van der Waals surface area (Å²) in [4.78, 5) is 52.5. The lowest BCUT2D eigenvalue weighted by molar-refractivity contribution is -0.145. The normalized spacial score (nSPS) is 26.0. The molecule has 4 rings (SSSR count). The smallest absolute Gasteiger partial charge is 0.263 e. The molecule has 2 saturated heterocycles. The van der Waals surface area contributed by atoms with Gasteiger partial charge in [-0.05, 0) is 25.0 Å². The Morgan fingerprint density at radius 3 is 2.24 bits per heavy atom. The molecule has 3 aliphatic rings. The van der Waals surface area contributed by atoms with Crippen molar-refractivity contribution >= 4 is 17.7 Å². The van der Waals surface area contributed by atoms with Crippen molar-refractivity contribution in [3.63, 3.8) is 0 Å². The van der Waals surface area contributed by atoms with E-state index in [2.05, 4.69) is 0 Å². The van der Waals surface area contributed by atoms with E-state index in [0.717, 1.165) is 0 Å². The van der Waals surface area contributed by atoms with Gasteiger partial charge >= 0.3 is 0 Å². The van der Waals surface area contributed by atoms with Gasteiger partial charge in [-0.15, -0.1) is 0 Å². The van der Waals surface area contributed by atoms with Crippen LogP contribution in [0.1, 0.15) is 23.2 Å². The number of carbonyl (C=O) groups is 3. The second kappa shape index (κ2) is 5.68. The lowest BCUT2D eigenvalue weighted by atomic mass is 9.85. The molecule has 130 valence electrons. The number of rotatable bonds is 2. The van der Waals surface area contributed by atoms with E-state index in [9.17, 15) is 19.2 Å². The number of likely N-dealkylation sites (tertiary alicyclic amines) is 2. The van der Waals surface area contributed by atoms with Crippen LogP contribution < -0.4 is 5.56 Å². The number of aromatic nitrogens is 1. The number of hydrogen-bond donors (Lipinski definition) is 0. The van der Waals surface area contributed by atoms with Crippen LogP contribution in [0.3, 0.4) is 0 Å². The van der Waals surface area contributed by atoms with Crippen LogP contribution in [0.25, 0.3) is 0 Å². The summed E-state index contributed by atoms with van der Waals surface area (Å²) >= 11 is 0. The summed E-state index contributed by atoms with van der Waals surface area (Å²) in [6.45, 7) is 0.586. The number of amides is 3. The maximum absolute atomic E-state index is 12.5. The molecule has 0 N–H and O–H groups in total. The van der Waals surface area contributed by atoms with E-state index >= 15 is 0 Å². The number of allylic oxidation sites excluding steroid dienone is 2. The van der Waals surface area contributed by atoms with E-state index in [-0.39, 0.29) is 46.7 Å². The molecule has 25 heavy (non-hydrogen) atoms. The zero-order chi connectivity index (χ0) is 17.7. The first-order chi connectivity index (χ1) is 12.0. The maximum Gasteiger partial charge on any atom is 0.263 e. The van der Waals surface area contributed by atoms with E-state index in [1.54, 1.807) is 19.3 Å². The number of carbonyl (C=O) groups excluding carboxylic acids is 3. The molecule has 2 aliphatic heterocycles. The van der Waals surface area contributed by atoms with Crippen molar-refractivity contribution in [1.82, 2.24) is 14.4 Å². The van der Waals surface area contributed by atoms with Crippen molar-refractivity contribution in [1.29, 1.82) is 0 Å². The second-order valence-corrected chi connectivity index (χ2v) is 6.90. The second-order valence-electron chi connectivity index (χ2n) is 6.90. The molecule has 2 fully saturated rings. The molecule has 3 amide bonds. The van der Waals surface area contributed by atoms with E-state index in [1.165, 1.54) is 20.4 Å². The van der Waals surface area contributed by atoms with Crippen LogP contribution in [0.5, 0.6) is 0 Å². The topological polar surface area (TPSA) is 79.7 Å². The zero-order valence-corrected chi connectivity index (χ0v) is 13.9. The van der Waals surface area contributed by atoms with Gasteiger partial charge < -0.3 is 9.47 Å². The van der Waals surface area contributed by atoms with Gasteiger partial charge in [0.15, 0.2) is 0 Å². The van der Waals surface area contributed by atoms with Crippen molar-refractivity contribution in [3.05, 3.63) is 46.4 Å². The van der Waals surface area contributed by atoms with Crippen LogP contribution in [0.2, 0.25) is 0 Å². The van der Waals surface area contributed by atoms with E-state index in [4.69, 9.17) is 0 Å². The molecule has 7 heteroatoms.